The molecular weight excluding hydrogens is 308 g/mol. The zero-order valence-corrected chi connectivity index (χ0v) is 14.0. The van der Waals surface area contributed by atoms with Gasteiger partial charge in [-0.05, 0) is 30.4 Å². The molecule has 2 N–H and O–H groups in total. The lowest BCUT2D eigenvalue weighted by Crippen LogP contribution is -2.37. The number of piperidine rings is 2. The molecular formula is C18H24N2O4. The van der Waals surface area contributed by atoms with Crippen LogP contribution in [-0.4, -0.2) is 43.7 Å². The van der Waals surface area contributed by atoms with Crippen LogP contribution < -0.4 is 15.0 Å². The number of carbonyl (C=O) groups is 2. The minimum atomic E-state index is -0.228. The van der Waals surface area contributed by atoms with E-state index in [9.17, 15) is 14.7 Å². The second-order valence-electron chi connectivity index (χ2n) is 6.62. The highest BCUT2D eigenvalue weighted by Crippen LogP contribution is 2.36. The molecule has 0 bridgehead atoms. The van der Waals surface area contributed by atoms with E-state index in [1.165, 1.54) is 0 Å². The minimum Gasteiger partial charge on any atom is -0.496 e. The Kier molecular flexibility index (Phi) is 5.04. The summed E-state index contributed by atoms with van der Waals surface area (Å²) in [6.07, 6.45) is 2.59. The maximum atomic E-state index is 11.6. The normalized spacial score (nSPS) is 20.2. The van der Waals surface area contributed by atoms with E-state index >= 15 is 0 Å². The molecule has 2 amide bonds. The largest absolute Gasteiger partial charge is 0.496 e. The van der Waals surface area contributed by atoms with E-state index in [0.717, 1.165) is 42.9 Å². The van der Waals surface area contributed by atoms with Crippen LogP contribution in [0.1, 0.15) is 37.2 Å². The molecule has 2 aliphatic heterocycles. The van der Waals surface area contributed by atoms with Crippen LogP contribution in [0.25, 0.3) is 0 Å². The number of imide groups is 1. The molecule has 0 saturated carbocycles. The number of carbonyl (C=O) groups excluding carboxylic acids is 2. The predicted molar refractivity (Wildman–Crippen MR) is 90.1 cm³/mol. The summed E-state index contributed by atoms with van der Waals surface area (Å²) in [7, 11) is 1.62. The first-order valence-electron chi connectivity index (χ1n) is 8.47. The second kappa shape index (κ2) is 7.21. The molecule has 24 heavy (non-hydrogen) atoms. The Labute approximate surface area is 141 Å². The predicted octanol–water partition coefficient (Wildman–Crippen LogP) is 1.42. The quantitative estimate of drug-likeness (QED) is 0.816. The summed E-state index contributed by atoms with van der Waals surface area (Å²) in [6, 6.07) is 6.00. The molecule has 2 saturated heterocycles. The van der Waals surface area contributed by atoms with Crippen LogP contribution in [0.2, 0.25) is 0 Å². The fourth-order valence-corrected chi connectivity index (χ4v) is 3.60. The van der Waals surface area contributed by atoms with Gasteiger partial charge in [-0.3, -0.25) is 14.9 Å². The standard InChI is InChI=1S/C18H24N2O4/c1-24-16-10-14(20-6-4-12(11-21)5-7-20)2-3-15(16)13-8-17(22)19-18(23)9-13/h2-3,10,12-13,21H,4-9,11H2,1H3,(H,19,22,23). The number of methoxy groups -OCH3 is 1. The molecule has 0 unspecified atom stereocenters. The van der Waals surface area contributed by atoms with Crippen molar-refractivity contribution in [1.29, 1.82) is 0 Å². The summed E-state index contributed by atoms with van der Waals surface area (Å²) in [5.41, 5.74) is 1.99. The van der Waals surface area contributed by atoms with E-state index in [1.807, 2.05) is 18.2 Å². The molecule has 1 aromatic rings. The molecule has 0 atom stereocenters. The van der Waals surface area contributed by atoms with E-state index in [2.05, 4.69) is 10.2 Å². The molecule has 0 radical (unpaired) electrons. The fourth-order valence-electron chi connectivity index (χ4n) is 3.60. The first-order valence-corrected chi connectivity index (χ1v) is 8.47. The summed E-state index contributed by atoms with van der Waals surface area (Å²) in [4.78, 5) is 25.5. The average molecular weight is 332 g/mol. The maximum Gasteiger partial charge on any atom is 0.227 e. The molecule has 0 aliphatic carbocycles. The van der Waals surface area contributed by atoms with Crippen LogP contribution in [0.5, 0.6) is 5.75 Å². The SMILES string of the molecule is COc1cc(N2CCC(CO)CC2)ccc1C1CC(=O)NC(=O)C1. The lowest BCUT2D eigenvalue weighted by atomic mass is 9.88. The molecule has 6 heteroatoms. The van der Waals surface area contributed by atoms with Crippen LogP contribution in [0, 0.1) is 5.92 Å². The maximum absolute atomic E-state index is 11.6. The number of hydrogen-bond acceptors (Lipinski definition) is 5. The lowest BCUT2D eigenvalue weighted by molar-refractivity contribution is -0.133. The summed E-state index contributed by atoms with van der Waals surface area (Å²) < 4.78 is 5.53. The molecule has 0 aromatic heterocycles. The van der Waals surface area contributed by atoms with Crippen molar-refractivity contribution in [3.05, 3.63) is 23.8 Å². The Hall–Kier alpha value is -2.08. The third-order valence-corrected chi connectivity index (χ3v) is 5.04. The number of nitrogens with one attached hydrogen (secondary N) is 1. The van der Waals surface area contributed by atoms with Crippen LogP contribution >= 0.6 is 0 Å². The summed E-state index contributed by atoms with van der Waals surface area (Å²) >= 11 is 0. The highest BCUT2D eigenvalue weighted by Gasteiger charge is 2.28. The Bertz CT molecular complexity index is 607. The summed E-state index contributed by atoms with van der Waals surface area (Å²) in [5.74, 6) is 0.538. The number of ether oxygens (including phenoxy) is 1. The summed E-state index contributed by atoms with van der Waals surface area (Å²) in [6.45, 7) is 2.09. The molecule has 130 valence electrons. The van der Waals surface area contributed by atoms with Crippen LogP contribution in [0.3, 0.4) is 0 Å². The zero-order valence-electron chi connectivity index (χ0n) is 14.0. The number of aliphatic hydroxyl groups excluding tert-OH is 1. The minimum absolute atomic E-state index is 0.129. The molecule has 6 nitrogen and oxygen atoms in total. The smallest absolute Gasteiger partial charge is 0.227 e. The van der Waals surface area contributed by atoms with Crippen LogP contribution in [0.4, 0.5) is 5.69 Å². The van der Waals surface area contributed by atoms with Gasteiger partial charge in [-0.1, -0.05) is 6.07 Å². The van der Waals surface area contributed by atoms with Gasteiger partial charge in [0.05, 0.1) is 7.11 Å². The third-order valence-electron chi connectivity index (χ3n) is 5.04. The van der Waals surface area contributed by atoms with E-state index in [-0.39, 0.29) is 24.3 Å². The molecule has 2 aliphatic rings. The number of nitrogens with zero attached hydrogens (tertiary/aromatic N) is 1. The molecule has 2 heterocycles. The van der Waals surface area contributed by atoms with Gasteiger partial charge in [0.15, 0.2) is 0 Å². The van der Waals surface area contributed by atoms with E-state index < -0.39 is 0 Å². The van der Waals surface area contributed by atoms with Gasteiger partial charge < -0.3 is 14.7 Å². The molecule has 2 fully saturated rings. The first-order chi connectivity index (χ1) is 11.6. The van der Waals surface area contributed by atoms with Crippen LogP contribution in [-0.2, 0) is 9.59 Å². The zero-order chi connectivity index (χ0) is 17.1. The van der Waals surface area contributed by atoms with Gasteiger partial charge in [0.25, 0.3) is 0 Å². The fraction of sp³-hybridized carbons (Fsp3) is 0.556. The number of hydrogen-bond donors (Lipinski definition) is 2. The number of benzene rings is 1. The lowest BCUT2D eigenvalue weighted by Gasteiger charge is -2.33. The van der Waals surface area contributed by atoms with Crippen molar-refractivity contribution in [1.82, 2.24) is 5.32 Å². The van der Waals surface area contributed by atoms with E-state index in [1.54, 1.807) is 7.11 Å². The number of anilines is 1. The molecule has 0 spiro atoms. The Morgan fingerprint density at radius 2 is 1.88 bits per heavy atom. The number of amides is 2. The first kappa shape index (κ1) is 16.8. The van der Waals surface area contributed by atoms with E-state index in [4.69, 9.17) is 4.74 Å². The number of aliphatic hydroxyl groups is 1. The van der Waals surface area contributed by atoms with Crippen molar-refractivity contribution < 1.29 is 19.4 Å². The Balaban J connectivity index is 1.78. The molecule has 3 rings (SSSR count). The number of rotatable bonds is 4. The highest BCUT2D eigenvalue weighted by molar-refractivity contribution is 5.98. The Morgan fingerprint density at radius 3 is 2.46 bits per heavy atom. The van der Waals surface area contributed by atoms with Crippen molar-refractivity contribution in [3.8, 4) is 5.75 Å². The van der Waals surface area contributed by atoms with Gasteiger partial charge in [0.2, 0.25) is 11.8 Å². The third kappa shape index (κ3) is 3.53. The van der Waals surface area contributed by atoms with Gasteiger partial charge in [-0.25, -0.2) is 0 Å². The van der Waals surface area contributed by atoms with Crippen molar-refractivity contribution in [3.63, 3.8) is 0 Å². The van der Waals surface area contributed by atoms with Gasteiger partial charge in [-0.15, -0.1) is 0 Å². The summed E-state index contributed by atoms with van der Waals surface area (Å²) in [5, 5.41) is 11.6. The van der Waals surface area contributed by atoms with Crippen molar-refractivity contribution in [2.45, 2.75) is 31.6 Å². The Morgan fingerprint density at radius 1 is 1.21 bits per heavy atom. The topological polar surface area (TPSA) is 78.9 Å². The van der Waals surface area contributed by atoms with Crippen molar-refractivity contribution in [2.75, 3.05) is 31.7 Å². The van der Waals surface area contributed by atoms with Crippen molar-refractivity contribution >= 4 is 17.5 Å². The van der Waals surface area contributed by atoms with E-state index in [0.29, 0.717) is 18.8 Å². The van der Waals surface area contributed by atoms with Crippen LogP contribution in [0.15, 0.2) is 18.2 Å². The van der Waals surface area contributed by atoms with Gasteiger partial charge >= 0.3 is 0 Å². The van der Waals surface area contributed by atoms with Gasteiger partial charge in [0.1, 0.15) is 5.75 Å². The average Bonchev–Trinajstić information content (AvgIpc) is 2.60. The van der Waals surface area contributed by atoms with Gasteiger partial charge in [-0.2, -0.15) is 0 Å². The van der Waals surface area contributed by atoms with Crippen molar-refractivity contribution in [2.24, 2.45) is 5.92 Å². The molecule has 1 aromatic carbocycles. The second-order valence-corrected chi connectivity index (χ2v) is 6.62. The highest BCUT2D eigenvalue weighted by atomic mass is 16.5. The monoisotopic (exact) mass is 332 g/mol. The van der Waals surface area contributed by atoms with Gasteiger partial charge in [0, 0.05) is 50.2 Å².